The van der Waals surface area contributed by atoms with Crippen LogP contribution in [0.5, 0.6) is 0 Å². The summed E-state index contributed by atoms with van der Waals surface area (Å²) in [6.45, 7) is 4.65. The number of aromatic nitrogens is 2. The Morgan fingerprint density at radius 2 is 1.89 bits per heavy atom. The molecule has 1 aromatic carbocycles. The zero-order chi connectivity index (χ0) is 27.0. The van der Waals surface area contributed by atoms with E-state index in [4.69, 9.17) is 14.0 Å². The summed E-state index contributed by atoms with van der Waals surface area (Å²) in [6, 6.07) is 10.5. The number of fused-ring (bicyclic) bond motifs is 1. The fourth-order valence-corrected chi connectivity index (χ4v) is 6.18. The number of carbonyl (C=O) groups excluding carboxylic acids is 4. The van der Waals surface area contributed by atoms with E-state index < -0.39 is 52.8 Å². The van der Waals surface area contributed by atoms with Crippen LogP contribution in [0.4, 0.5) is 0 Å². The van der Waals surface area contributed by atoms with Gasteiger partial charge in [0.2, 0.25) is 12.7 Å². The molecule has 5 rings (SSSR count). The van der Waals surface area contributed by atoms with Gasteiger partial charge in [0.15, 0.2) is 0 Å². The molecule has 2 saturated heterocycles. The smallest absolute Gasteiger partial charge is 0.342 e. The minimum atomic E-state index is -0.924. The topological polar surface area (TPSA) is 141 Å². The molecule has 0 bridgehead atoms. The van der Waals surface area contributed by atoms with Gasteiger partial charge in [-0.3, -0.25) is 14.6 Å². The molecule has 12 heteroatoms. The maximum atomic E-state index is 13.2. The molecule has 3 aromatic rings. The van der Waals surface area contributed by atoms with E-state index in [0.29, 0.717) is 17.0 Å². The van der Waals surface area contributed by atoms with Gasteiger partial charge in [-0.15, -0.1) is 11.8 Å². The Morgan fingerprint density at radius 3 is 2.61 bits per heavy atom. The number of ether oxygens (including phenoxy) is 2. The normalized spacial score (nSPS) is 21.3. The fourth-order valence-electron chi connectivity index (χ4n) is 4.56. The van der Waals surface area contributed by atoms with Crippen LogP contribution in [0.1, 0.15) is 40.3 Å². The number of hydrogen-bond donors (Lipinski definition) is 1. The summed E-state index contributed by atoms with van der Waals surface area (Å²) in [4.78, 5) is 56.6. The van der Waals surface area contributed by atoms with Gasteiger partial charge in [-0.2, -0.15) is 0 Å². The summed E-state index contributed by atoms with van der Waals surface area (Å²) in [5.41, 5.74) is 1.55. The van der Waals surface area contributed by atoms with E-state index in [-0.39, 0.29) is 11.1 Å². The molecule has 0 saturated carbocycles. The highest BCUT2D eigenvalue weighted by atomic mass is 32.2. The van der Waals surface area contributed by atoms with Crippen molar-refractivity contribution in [2.75, 3.05) is 6.79 Å². The number of amides is 2. The lowest BCUT2D eigenvalue weighted by atomic mass is 9.95. The van der Waals surface area contributed by atoms with Gasteiger partial charge in [0.1, 0.15) is 34.5 Å². The number of esters is 2. The number of thioether (sulfide) groups is 1. The highest BCUT2D eigenvalue weighted by Gasteiger charge is 2.64. The predicted octanol–water partition coefficient (Wildman–Crippen LogP) is 2.56. The summed E-state index contributed by atoms with van der Waals surface area (Å²) in [5.74, 6) is -1.97. The van der Waals surface area contributed by atoms with Gasteiger partial charge in [0, 0.05) is 22.7 Å². The molecule has 0 spiro atoms. The molecule has 4 heterocycles. The van der Waals surface area contributed by atoms with Crippen molar-refractivity contribution in [3.05, 3.63) is 71.7 Å². The molecule has 3 atom stereocenters. The third-order valence-corrected chi connectivity index (χ3v) is 7.95. The highest BCUT2D eigenvalue weighted by molar-refractivity contribution is 8.01. The van der Waals surface area contributed by atoms with E-state index in [2.05, 4.69) is 15.5 Å². The molecule has 0 unspecified atom stereocenters. The largest absolute Gasteiger partial charge is 0.426 e. The second kappa shape index (κ2) is 9.93. The number of benzene rings is 1. The third-order valence-electron chi connectivity index (χ3n) is 6.38. The maximum Gasteiger partial charge on any atom is 0.342 e. The number of rotatable bonds is 7. The van der Waals surface area contributed by atoms with Crippen molar-refractivity contribution < 1.29 is 33.2 Å². The lowest BCUT2D eigenvalue weighted by molar-refractivity contribution is -0.168. The summed E-state index contributed by atoms with van der Waals surface area (Å²) in [6.07, 6.45) is 2.85. The zero-order valence-electron chi connectivity index (χ0n) is 20.7. The summed E-state index contributed by atoms with van der Waals surface area (Å²) >= 11 is 1.38. The van der Waals surface area contributed by atoms with Gasteiger partial charge < -0.3 is 24.2 Å². The molecule has 2 aliphatic heterocycles. The van der Waals surface area contributed by atoms with Crippen molar-refractivity contribution in [1.82, 2.24) is 20.4 Å². The van der Waals surface area contributed by atoms with Crippen LogP contribution >= 0.6 is 11.8 Å². The molecule has 11 nitrogen and oxygen atoms in total. The minimum absolute atomic E-state index is 0.218. The highest BCUT2D eigenvalue weighted by Crippen LogP contribution is 2.51. The first kappa shape index (κ1) is 25.5. The van der Waals surface area contributed by atoms with Gasteiger partial charge in [-0.1, -0.05) is 35.5 Å². The van der Waals surface area contributed by atoms with Gasteiger partial charge in [0.25, 0.3) is 5.91 Å². The van der Waals surface area contributed by atoms with E-state index in [0.717, 1.165) is 0 Å². The number of carbonyl (C=O) groups is 4. The molecule has 38 heavy (non-hydrogen) atoms. The predicted molar refractivity (Wildman–Crippen MR) is 135 cm³/mol. The monoisotopic (exact) mass is 536 g/mol. The van der Waals surface area contributed by atoms with E-state index in [1.807, 2.05) is 44.2 Å². The van der Waals surface area contributed by atoms with Gasteiger partial charge in [-0.05, 0) is 32.9 Å². The molecule has 2 amide bonds. The molecule has 196 valence electrons. The Hall–Kier alpha value is -4.19. The lowest BCUT2D eigenvalue weighted by Gasteiger charge is -2.43. The fraction of sp³-hybridized carbons (Fsp3) is 0.308. The maximum absolute atomic E-state index is 13.2. The minimum Gasteiger partial charge on any atom is -0.426 e. The summed E-state index contributed by atoms with van der Waals surface area (Å²) < 4.78 is 14.8. The number of nitrogens with zero attached hydrogens (tertiary/aromatic N) is 3. The van der Waals surface area contributed by atoms with E-state index in [1.165, 1.54) is 35.1 Å². The van der Waals surface area contributed by atoms with E-state index >= 15 is 0 Å². The number of nitrogens with one attached hydrogen (secondary N) is 1. The Morgan fingerprint density at radius 1 is 1.13 bits per heavy atom. The first-order valence-corrected chi connectivity index (χ1v) is 12.6. The second-order valence-corrected chi connectivity index (χ2v) is 11.1. The zero-order valence-corrected chi connectivity index (χ0v) is 21.6. The third kappa shape index (κ3) is 4.51. The van der Waals surface area contributed by atoms with Crippen LogP contribution < -0.4 is 5.32 Å². The van der Waals surface area contributed by atoms with E-state index in [1.54, 1.807) is 13.0 Å². The molecule has 0 aliphatic carbocycles. The first-order valence-electron chi connectivity index (χ1n) is 11.8. The summed E-state index contributed by atoms with van der Waals surface area (Å²) in [7, 11) is 0. The van der Waals surface area contributed by atoms with E-state index in [9.17, 15) is 19.2 Å². The summed E-state index contributed by atoms with van der Waals surface area (Å²) in [5, 5.41) is 6.34. The van der Waals surface area contributed by atoms with Gasteiger partial charge >= 0.3 is 11.9 Å². The van der Waals surface area contributed by atoms with Gasteiger partial charge in [-0.25, -0.2) is 9.59 Å². The SMILES string of the molecule is Cc1onc(-c2ccccc2)c1C(=O)N[C@@H]1C(=O)N2[C@@H]1SC(C)(C)[C@@H]2C(=O)OCOC(=O)c1cccnc1. The Labute approximate surface area is 221 Å². The van der Waals surface area contributed by atoms with Crippen LogP contribution in [0.2, 0.25) is 0 Å². The number of pyridine rings is 1. The molecular weight excluding hydrogens is 512 g/mol. The molecule has 2 aliphatic rings. The van der Waals surface area contributed by atoms with Crippen LogP contribution in [-0.4, -0.2) is 67.8 Å². The van der Waals surface area contributed by atoms with Gasteiger partial charge in [0.05, 0.1) is 5.56 Å². The van der Waals surface area contributed by atoms with Crippen molar-refractivity contribution in [2.45, 2.75) is 43.0 Å². The molecular formula is C26H24N4O7S. The van der Waals surface area contributed by atoms with Crippen molar-refractivity contribution in [2.24, 2.45) is 0 Å². The van der Waals surface area contributed by atoms with Crippen molar-refractivity contribution >= 4 is 35.5 Å². The number of aryl methyl sites for hydroxylation is 1. The molecule has 0 radical (unpaired) electrons. The molecule has 1 N–H and O–H groups in total. The van der Waals surface area contributed by atoms with Crippen LogP contribution in [0.15, 0.2) is 59.4 Å². The Kier molecular flexibility index (Phi) is 6.66. The standard InChI is InChI=1S/C26H24N4O7S/c1-14-17(18(29-37-14)15-8-5-4-6-9-15)21(31)28-19-22(32)30-20(26(2,3)38-23(19)30)25(34)36-13-35-24(33)16-10-7-11-27-12-16/h4-12,19-20,23H,13H2,1-3H3,(H,28,31)/t19-,20+,23-/m1/s1. The molecule has 2 aromatic heterocycles. The Balaban J connectivity index is 1.24. The first-order chi connectivity index (χ1) is 18.2. The lowest BCUT2D eigenvalue weighted by Crippen LogP contribution is -2.70. The number of hydrogen-bond acceptors (Lipinski definition) is 10. The van der Waals surface area contributed by atoms with Crippen molar-refractivity contribution in [3.8, 4) is 11.3 Å². The van der Waals surface area contributed by atoms with Crippen molar-refractivity contribution in [1.29, 1.82) is 0 Å². The Bertz CT molecular complexity index is 1390. The average Bonchev–Trinajstić information content (AvgIpc) is 3.42. The van der Waals surface area contributed by atoms with Crippen LogP contribution in [0.3, 0.4) is 0 Å². The molecule has 2 fully saturated rings. The second-order valence-electron chi connectivity index (χ2n) is 9.29. The van der Waals surface area contributed by atoms with Crippen LogP contribution in [-0.2, 0) is 19.1 Å². The van der Waals surface area contributed by atoms with Crippen molar-refractivity contribution in [3.63, 3.8) is 0 Å². The quantitative estimate of drug-likeness (QED) is 0.272. The van der Waals surface area contributed by atoms with Crippen LogP contribution in [0, 0.1) is 6.92 Å². The number of β-lactam (4-membered cyclic amide) rings is 1. The average molecular weight is 537 g/mol. The van der Waals surface area contributed by atoms with Crippen LogP contribution in [0.25, 0.3) is 11.3 Å².